The minimum absolute atomic E-state index is 0.154. The summed E-state index contributed by atoms with van der Waals surface area (Å²) < 4.78 is 19.5. The highest BCUT2D eigenvalue weighted by Crippen LogP contribution is 2.38. The topological polar surface area (TPSA) is 9.23 Å². The van der Waals surface area contributed by atoms with E-state index in [0.29, 0.717) is 4.90 Å². The zero-order chi connectivity index (χ0) is 13.3. The van der Waals surface area contributed by atoms with Crippen LogP contribution in [0, 0.1) is 5.82 Å². The van der Waals surface area contributed by atoms with Crippen LogP contribution in [-0.4, -0.2) is 14.6 Å². The monoisotopic (exact) mass is 272 g/mol. The molecule has 17 heavy (non-hydrogen) atoms. The van der Waals surface area contributed by atoms with Crippen molar-refractivity contribution in [2.45, 2.75) is 43.8 Å². The van der Waals surface area contributed by atoms with Crippen LogP contribution in [-0.2, 0) is 0 Å². The summed E-state index contributed by atoms with van der Waals surface area (Å²) in [6.07, 6.45) is 1.87. The molecule has 0 saturated carbocycles. The van der Waals surface area contributed by atoms with Crippen LogP contribution in [0.2, 0.25) is 18.1 Å². The van der Waals surface area contributed by atoms with Crippen molar-refractivity contribution >= 4 is 20.1 Å². The number of hydrogen-bond donors (Lipinski definition) is 0. The molecule has 96 valence electrons. The Hall–Kier alpha value is -0.483. The Morgan fingerprint density at radius 1 is 1.24 bits per heavy atom. The van der Waals surface area contributed by atoms with Crippen LogP contribution < -0.4 is 4.43 Å². The third-order valence-electron chi connectivity index (χ3n) is 3.30. The Balaban J connectivity index is 2.96. The van der Waals surface area contributed by atoms with Gasteiger partial charge in [-0.05, 0) is 42.6 Å². The fourth-order valence-electron chi connectivity index (χ4n) is 1.15. The zero-order valence-electron chi connectivity index (χ0n) is 11.4. The molecule has 0 fully saturated rings. The van der Waals surface area contributed by atoms with Crippen LogP contribution in [0.4, 0.5) is 4.39 Å². The maximum Gasteiger partial charge on any atom is 0.250 e. The third-order valence-corrected chi connectivity index (χ3v) is 8.41. The van der Waals surface area contributed by atoms with Gasteiger partial charge in [0.15, 0.2) is 0 Å². The van der Waals surface area contributed by atoms with Crippen molar-refractivity contribution in [3.63, 3.8) is 0 Å². The Morgan fingerprint density at radius 3 is 2.29 bits per heavy atom. The molecule has 0 unspecified atom stereocenters. The van der Waals surface area contributed by atoms with Gasteiger partial charge in [0.1, 0.15) is 11.6 Å². The molecule has 1 nitrogen and oxygen atoms in total. The Bertz CT molecular complexity index is 399. The normalized spacial score (nSPS) is 12.6. The standard InChI is InChI=1S/C13H21FOSSi/c1-13(2,3)17(5,6)15-10-7-8-11(14)12(9-10)16-4/h7-9H,1-6H3. The van der Waals surface area contributed by atoms with Crippen molar-refractivity contribution in [3.05, 3.63) is 24.0 Å². The molecule has 1 rings (SSSR count). The molecule has 0 atom stereocenters. The number of rotatable bonds is 3. The molecule has 0 heterocycles. The summed E-state index contributed by atoms with van der Waals surface area (Å²) in [4.78, 5) is 0.640. The first-order chi connectivity index (χ1) is 7.67. The number of hydrogen-bond acceptors (Lipinski definition) is 2. The lowest BCUT2D eigenvalue weighted by molar-refractivity contribution is 0.488. The molecule has 0 bridgehead atoms. The SMILES string of the molecule is CSc1cc(O[Si](C)(C)C(C)(C)C)ccc1F. The van der Waals surface area contributed by atoms with E-state index in [4.69, 9.17) is 4.43 Å². The minimum atomic E-state index is -1.83. The first-order valence-electron chi connectivity index (χ1n) is 5.70. The van der Waals surface area contributed by atoms with E-state index in [-0.39, 0.29) is 10.9 Å². The average molecular weight is 272 g/mol. The van der Waals surface area contributed by atoms with Gasteiger partial charge in [0.25, 0.3) is 0 Å². The molecule has 1 aromatic carbocycles. The average Bonchev–Trinajstić information content (AvgIpc) is 2.19. The Morgan fingerprint density at radius 2 is 1.82 bits per heavy atom. The van der Waals surface area contributed by atoms with E-state index in [1.165, 1.54) is 17.8 Å². The predicted molar refractivity (Wildman–Crippen MR) is 76.0 cm³/mol. The molecule has 0 aliphatic heterocycles. The Kier molecular flexibility index (Phi) is 4.31. The molecule has 0 aromatic heterocycles. The van der Waals surface area contributed by atoms with Gasteiger partial charge >= 0.3 is 0 Å². The number of benzene rings is 1. The van der Waals surface area contributed by atoms with Crippen molar-refractivity contribution in [2.24, 2.45) is 0 Å². The lowest BCUT2D eigenvalue weighted by Gasteiger charge is -2.36. The second-order valence-corrected chi connectivity index (χ2v) is 11.2. The van der Waals surface area contributed by atoms with E-state index in [2.05, 4.69) is 33.9 Å². The van der Waals surface area contributed by atoms with E-state index in [1.54, 1.807) is 12.1 Å². The van der Waals surface area contributed by atoms with Crippen molar-refractivity contribution in [2.75, 3.05) is 6.26 Å². The van der Waals surface area contributed by atoms with Crippen LogP contribution >= 0.6 is 11.8 Å². The van der Waals surface area contributed by atoms with Crippen molar-refractivity contribution in [1.29, 1.82) is 0 Å². The molecule has 0 saturated heterocycles. The van der Waals surface area contributed by atoms with Crippen LogP contribution in [0.3, 0.4) is 0 Å². The van der Waals surface area contributed by atoms with Gasteiger partial charge in [-0.2, -0.15) is 0 Å². The van der Waals surface area contributed by atoms with Crippen LogP contribution in [0.15, 0.2) is 23.1 Å². The summed E-state index contributed by atoms with van der Waals surface area (Å²) in [6.45, 7) is 11.0. The third kappa shape index (κ3) is 3.49. The second-order valence-electron chi connectivity index (χ2n) is 5.66. The minimum Gasteiger partial charge on any atom is -0.543 e. The van der Waals surface area contributed by atoms with Crippen molar-refractivity contribution < 1.29 is 8.82 Å². The second kappa shape index (κ2) is 5.02. The first kappa shape index (κ1) is 14.6. The van der Waals surface area contributed by atoms with Crippen molar-refractivity contribution in [3.8, 4) is 5.75 Å². The summed E-state index contributed by atoms with van der Waals surface area (Å²) in [5.41, 5.74) is 0. The first-order valence-corrected chi connectivity index (χ1v) is 9.83. The molecule has 1 aromatic rings. The molecule has 0 spiro atoms. The summed E-state index contributed by atoms with van der Waals surface area (Å²) in [5, 5.41) is 0.154. The van der Waals surface area contributed by atoms with E-state index >= 15 is 0 Å². The fraction of sp³-hybridized carbons (Fsp3) is 0.538. The van der Waals surface area contributed by atoms with Crippen molar-refractivity contribution in [1.82, 2.24) is 0 Å². The molecule has 0 N–H and O–H groups in total. The van der Waals surface area contributed by atoms with Gasteiger partial charge in [-0.1, -0.05) is 20.8 Å². The molecule has 0 amide bonds. The molecular weight excluding hydrogens is 251 g/mol. The van der Waals surface area contributed by atoms with E-state index in [9.17, 15) is 4.39 Å². The van der Waals surface area contributed by atoms with Gasteiger partial charge in [-0.3, -0.25) is 0 Å². The number of thioether (sulfide) groups is 1. The maximum atomic E-state index is 13.4. The molecular formula is C13H21FOSSi. The van der Waals surface area contributed by atoms with Gasteiger partial charge in [0, 0.05) is 4.90 Å². The van der Waals surface area contributed by atoms with Gasteiger partial charge in [-0.25, -0.2) is 4.39 Å². The molecule has 0 radical (unpaired) electrons. The van der Waals surface area contributed by atoms with Crippen LogP contribution in [0.1, 0.15) is 20.8 Å². The number of halogens is 1. The lowest BCUT2D eigenvalue weighted by atomic mass is 10.2. The summed E-state index contributed by atoms with van der Waals surface area (Å²) in [7, 11) is -1.83. The van der Waals surface area contributed by atoms with Gasteiger partial charge < -0.3 is 4.43 Å². The summed E-state index contributed by atoms with van der Waals surface area (Å²) in [5.74, 6) is 0.599. The van der Waals surface area contributed by atoms with Gasteiger partial charge in [0.2, 0.25) is 8.32 Å². The quantitative estimate of drug-likeness (QED) is 0.570. The van der Waals surface area contributed by atoms with Crippen LogP contribution in [0.5, 0.6) is 5.75 Å². The fourth-order valence-corrected chi connectivity index (χ4v) is 2.67. The highest BCUT2D eigenvalue weighted by molar-refractivity contribution is 7.98. The largest absolute Gasteiger partial charge is 0.543 e. The smallest absolute Gasteiger partial charge is 0.250 e. The van der Waals surface area contributed by atoms with Crippen LogP contribution in [0.25, 0.3) is 0 Å². The van der Waals surface area contributed by atoms with Gasteiger partial charge in [-0.15, -0.1) is 11.8 Å². The Labute approximate surface area is 109 Å². The highest BCUT2D eigenvalue weighted by Gasteiger charge is 2.39. The zero-order valence-corrected chi connectivity index (χ0v) is 13.2. The van der Waals surface area contributed by atoms with E-state index in [1.807, 2.05) is 6.26 Å². The highest BCUT2D eigenvalue weighted by atomic mass is 32.2. The summed E-state index contributed by atoms with van der Waals surface area (Å²) >= 11 is 1.40. The predicted octanol–water partition coefficient (Wildman–Crippen LogP) is 4.93. The maximum absolute atomic E-state index is 13.4. The van der Waals surface area contributed by atoms with E-state index < -0.39 is 8.32 Å². The van der Waals surface area contributed by atoms with Gasteiger partial charge in [0.05, 0.1) is 0 Å². The molecule has 4 heteroatoms. The lowest BCUT2D eigenvalue weighted by Crippen LogP contribution is -2.43. The molecule has 0 aliphatic rings. The molecule has 0 aliphatic carbocycles. The summed E-state index contributed by atoms with van der Waals surface area (Å²) in [6, 6.07) is 4.99. The van der Waals surface area contributed by atoms with E-state index in [0.717, 1.165) is 5.75 Å².